The van der Waals surface area contributed by atoms with Gasteiger partial charge in [-0.1, -0.05) is 15.9 Å². The zero-order chi connectivity index (χ0) is 14.1. The first-order valence-corrected chi connectivity index (χ1v) is 7.84. The topological polar surface area (TPSA) is 40.6 Å². The molecule has 1 aromatic carbocycles. The summed E-state index contributed by atoms with van der Waals surface area (Å²) in [6, 6.07) is 5.45. The molecule has 0 aliphatic carbocycles. The number of carbonyl (C=O) groups excluding carboxylic acids is 2. The van der Waals surface area contributed by atoms with Crippen molar-refractivity contribution in [2.45, 2.75) is 19.3 Å². The van der Waals surface area contributed by atoms with E-state index in [0.29, 0.717) is 12.1 Å². The summed E-state index contributed by atoms with van der Waals surface area (Å²) in [6.07, 6.45) is 3.46. The lowest BCUT2D eigenvalue weighted by molar-refractivity contribution is -0.114. The molecule has 4 nitrogen and oxygen atoms in total. The molecule has 0 N–H and O–H groups in total. The molecule has 0 saturated carbocycles. The van der Waals surface area contributed by atoms with Gasteiger partial charge in [0.05, 0.1) is 11.3 Å². The lowest BCUT2D eigenvalue weighted by Crippen LogP contribution is -2.33. The van der Waals surface area contributed by atoms with Gasteiger partial charge in [-0.2, -0.15) is 0 Å². The van der Waals surface area contributed by atoms with Crippen molar-refractivity contribution in [3.05, 3.63) is 28.2 Å². The number of carbonyl (C=O) groups is 2. The van der Waals surface area contributed by atoms with Crippen molar-refractivity contribution in [3.8, 4) is 0 Å². The van der Waals surface area contributed by atoms with Crippen molar-refractivity contribution in [2.24, 2.45) is 0 Å². The number of amides is 1. The second-order valence-corrected chi connectivity index (χ2v) is 6.27. The van der Waals surface area contributed by atoms with Crippen LogP contribution >= 0.6 is 15.9 Å². The van der Waals surface area contributed by atoms with E-state index in [4.69, 9.17) is 0 Å². The first-order valence-electron chi connectivity index (χ1n) is 7.05. The summed E-state index contributed by atoms with van der Waals surface area (Å²) in [4.78, 5) is 28.1. The molecule has 20 heavy (non-hydrogen) atoms. The van der Waals surface area contributed by atoms with E-state index >= 15 is 0 Å². The maximum atomic E-state index is 12.0. The number of fused-ring (bicyclic) bond motifs is 1. The molecule has 1 amide bonds. The lowest BCUT2D eigenvalue weighted by Gasteiger charge is -2.19. The Morgan fingerprint density at radius 1 is 1.10 bits per heavy atom. The quantitative estimate of drug-likeness (QED) is 0.793. The van der Waals surface area contributed by atoms with Gasteiger partial charge in [-0.25, -0.2) is 0 Å². The number of halogens is 1. The van der Waals surface area contributed by atoms with Gasteiger partial charge in [0.1, 0.15) is 0 Å². The Morgan fingerprint density at radius 2 is 1.85 bits per heavy atom. The second kappa shape index (κ2) is 5.66. The van der Waals surface area contributed by atoms with E-state index in [1.807, 2.05) is 12.1 Å². The third kappa shape index (κ3) is 2.52. The summed E-state index contributed by atoms with van der Waals surface area (Å²) in [5.41, 5.74) is 1.27. The Balaban J connectivity index is 1.67. The van der Waals surface area contributed by atoms with E-state index in [9.17, 15) is 9.59 Å². The zero-order valence-corrected chi connectivity index (χ0v) is 12.9. The van der Waals surface area contributed by atoms with E-state index in [-0.39, 0.29) is 11.7 Å². The highest BCUT2D eigenvalue weighted by atomic mass is 79.9. The monoisotopic (exact) mass is 336 g/mol. The highest BCUT2D eigenvalue weighted by Crippen LogP contribution is 2.31. The summed E-state index contributed by atoms with van der Waals surface area (Å²) < 4.78 is 0.830. The second-order valence-electron chi connectivity index (χ2n) is 5.35. The first kappa shape index (κ1) is 13.8. The lowest BCUT2D eigenvalue weighted by atomic mass is 10.1. The number of nitrogens with zero attached hydrogens (tertiary/aromatic N) is 2. The number of rotatable bonds is 4. The summed E-state index contributed by atoms with van der Waals surface area (Å²) in [7, 11) is 0. The number of anilines is 1. The maximum Gasteiger partial charge on any atom is 0.299 e. The van der Waals surface area contributed by atoms with Crippen molar-refractivity contribution in [3.63, 3.8) is 0 Å². The third-order valence-corrected chi connectivity index (χ3v) is 4.48. The molecule has 0 unspecified atom stereocenters. The molecule has 2 aliphatic rings. The first-order chi connectivity index (χ1) is 9.66. The number of likely N-dealkylation sites (tertiary alicyclic amines) is 1. The van der Waals surface area contributed by atoms with Crippen LogP contribution in [0, 0.1) is 0 Å². The predicted molar refractivity (Wildman–Crippen MR) is 81.1 cm³/mol. The molecule has 1 aromatic rings. The molecule has 0 bridgehead atoms. The third-order valence-electron chi connectivity index (χ3n) is 3.99. The molecule has 2 heterocycles. The number of ketones is 1. The Bertz CT molecular complexity index is 553. The minimum Gasteiger partial charge on any atom is -0.305 e. The van der Waals surface area contributed by atoms with Crippen LogP contribution in [-0.2, 0) is 4.79 Å². The van der Waals surface area contributed by atoms with E-state index in [0.717, 1.165) is 36.2 Å². The van der Waals surface area contributed by atoms with Crippen LogP contribution in [0.3, 0.4) is 0 Å². The van der Waals surface area contributed by atoms with E-state index < -0.39 is 0 Å². The molecule has 1 fully saturated rings. The molecule has 106 valence electrons. The van der Waals surface area contributed by atoms with Gasteiger partial charge in [0.15, 0.2) is 0 Å². The van der Waals surface area contributed by atoms with Gasteiger partial charge in [-0.05, 0) is 57.1 Å². The molecule has 0 radical (unpaired) electrons. The minimum atomic E-state index is -0.389. The van der Waals surface area contributed by atoms with Crippen LogP contribution in [0.5, 0.6) is 0 Å². The molecule has 0 spiro atoms. The van der Waals surface area contributed by atoms with E-state index in [2.05, 4.69) is 20.8 Å². The van der Waals surface area contributed by atoms with Crippen molar-refractivity contribution >= 4 is 33.3 Å². The van der Waals surface area contributed by atoms with Crippen LogP contribution in [0.15, 0.2) is 22.7 Å². The minimum absolute atomic E-state index is 0.387. The van der Waals surface area contributed by atoms with Crippen LogP contribution in [0.4, 0.5) is 5.69 Å². The van der Waals surface area contributed by atoms with E-state index in [1.54, 1.807) is 11.0 Å². The molecule has 0 aromatic heterocycles. The molecule has 5 heteroatoms. The number of Topliss-reactive ketones (excluding diaryl/α,β-unsaturated/α-hetero) is 1. The van der Waals surface area contributed by atoms with Crippen LogP contribution in [0.1, 0.15) is 29.6 Å². The highest BCUT2D eigenvalue weighted by molar-refractivity contribution is 9.10. The van der Waals surface area contributed by atoms with Gasteiger partial charge in [-0.15, -0.1) is 0 Å². The standard InChI is InChI=1S/C15H17BrN2O2/c16-11-4-5-13-12(10-11)14(19)15(20)18(13)9-3-8-17-6-1-2-7-17/h4-5,10H,1-3,6-9H2. The van der Waals surface area contributed by atoms with Crippen LogP contribution < -0.4 is 4.90 Å². The normalized spacial score (nSPS) is 18.9. The van der Waals surface area contributed by atoms with Gasteiger partial charge in [0.2, 0.25) is 0 Å². The number of benzene rings is 1. The summed E-state index contributed by atoms with van der Waals surface area (Å²) in [5.74, 6) is -0.776. The Hall–Kier alpha value is -1.20. The molecule has 0 atom stereocenters. The summed E-state index contributed by atoms with van der Waals surface area (Å²) >= 11 is 3.34. The van der Waals surface area contributed by atoms with Gasteiger partial charge >= 0.3 is 0 Å². The molecular formula is C15H17BrN2O2. The molecule has 3 rings (SSSR count). The van der Waals surface area contributed by atoms with Gasteiger partial charge < -0.3 is 9.80 Å². The van der Waals surface area contributed by atoms with Gasteiger partial charge in [-0.3, -0.25) is 9.59 Å². The Labute approximate surface area is 126 Å². The van der Waals surface area contributed by atoms with Gasteiger partial charge in [0.25, 0.3) is 11.7 Å². The Morgan fingerprint density at radius 3 is 2.60 bits per heavy atom. The fourth-order valence-corrected chi connectivity index (χ4v) is 3.31. The Kier molecular flexibility index (Phi) is 3.89. The average Bonchev–Trinajstić information content (AvgIpc) is 3.02. The fourth-order valence-electron chi connectivity index (χ4n) is 2.95. The smallest absolute Gasteiger partial charge is 0.299 e. The zero-order valence-electron chi connectivity index (χ0n) is 11.3. The molecule has 2 aliphatic heterocycles. The van der Waals surface area contributed by atoms with Gasteiger partial charge in [0, 0.05) is 11.0 Å². The molecule has 1 saturated heterocycles. The number of hydrogen-bond acceptors (Lipinski definition) is 3. The highest BCUT2D eigenvalue weighted by Gasteiger charge is 2.35. The van der Waals surface area contributed by atoms with E-state index in [1.165, 1.54) is 12.8 Å². The van der Waals surface area contributed by atoms with Crippen molar-refractivity contribution < 1.29 is 9.59 Å². The molecular weight excluding hydrogens is 320 g/mol. The van der Waals surface area contributed by atoms with Crippen LogP contribution in [0.25, 0.3) is 0 Å². The predicted octanol–water partition coefficient (Wildman–Crippen LogP) is 2.46. The van der Waals surface area contributed by atoms with Crippen molar-refractivity contribution in [2.75, 3.05) is 31.1 Å². The SMILES string of the molecule is O=C1C(=O)N(CCCN2CCCC2)c2ccc(Br)cc21. The van der Waals surface area contributed by atoms with Crippen molar-refractivity contribution in [1.29, 1.82) is 0 Å². The largest absolute Gasteiger partial charge is 0.305 e. The van der Waals surface area contributed by atoms with Crippen LogP contribution in [-0.4, -0.2) is 42.8 Å². The number of hydrogen-bond donors (Lipinski definition) is 0. The maximum absolute atomic E-state index is 12.0. The average molecular weight is 337 g/mol. The summed E-state index contributed by atoms with van der Waals surface area (Å²) in [6.45, 7) is 3.95. The van der Waals surface area contributed by atoms with Crippen LogP contribution in [0.2, 0.25) is 0 Å². The summed E-state index contributed by atoms with van der Waals surface area (Å²) in [5, 5.41) is 0. The fraction of sp³-hybridized carbons (Fsp3) is 0.467. The van der Waals surface area contributed by atoms with Crippen molar-refractivity contribution in [1.82, 2.24) is 4.90 Å².